The summed E-state index contributed by atoms with van der Waals surface area (Å²) in [6.07, 6.45) is 1.70. The first-order chi connectivity index (χ1) is 7.69. The van der Waals surface area contributed by atoms with Crippen LogP contribution >= 0.6 is 0 Å². The Balaban J connectivity index is 2.68. The van der Waals surface area contributed by atoms with Gasteiger partial charge in [-0.2, -0.15) is 0 Å². The summed E-state index contributed by atoms with van der Waals surface area (Å²) in [5.74, 6) is 0.308. The van der Waals surface area contributed by atoms with Crippen LogP contribution in [-0.4, -0.2) is 34.5 Å². The number of pyridine rings is 1. The van der Waals surface area contributed by atoms with Crippen LogP contribution in [0.25, 0.3) is 0 Å². The van der Waals surface area contributed by atoms with Crippen LogP contribution in [0.1, 0.15) is 25.6 Å². The van der Waals surface area contributed by atoms with Crippen LogP contribution in [0, 0.1) is 5.92 Å². The summed E-state index contributed by atoms with van der Waals surface area (Å²) in [7, 11) is 0. The van der Waals surface area contributed by atoms with Gasteiger partial charge >= 0.3 is 0 Å². The third-order valence-electron chi connectivity index (χ3n) is 2.64. The second-order valence-electron chi connectivity index (χ2n) is 4.19. The standard InChI is InChI=1S/C12H20N2O2/c1-9(2)11(7-15)14-12(8-16)10-5-3-4-6-13-10/h3-6,9,11-12,14-16H,7-8H2,1-2H3/t11-,12+/m1/s1. The summed E-state index contributed by atoms with van der Waals surface area (Å²) in [4.78, 5) is 4.19. The van der Waals surface area contributed by atoms with Crippen LogP contribution < -0.4 is 5.32 Å². The summed E-state index contributed by atoms with van der Waals surface area (Å²) in [5, 5.41) is 21.8. The van der Waals surface area contributed by atoms with E-state index in [1.165, 1.54) is 0 Å². The van der Waals surface area contributed by atoms with Gasteiger partial charge in [0.25, 0.3) is 0 Å². The van der Waals surface area contributed by atoms with Crippen molar-refractivity contribution in [1.82, 2.24) is 10.3 Å². The molecule has 0 saturated carbocycles. The zero-order chi connectivity index (χ0) is 12.0. The Morgan fingerprint density at radius 1 is 1.25 bits per heavy atom. The Morgan fingerprint density at radius 3 is 2.44 bits per heavy atom. The van der Waals surface area contributed by atoms with Crippen molar-refractivity contribution in [3.05, 3.63) is 30.1 Å². The minimum atomic E-state index is -0.222. The van der Waals surface area contributed by atoms with Gasteiger partial charge in [0.15, 0.2) is 0 Å². The number of aromatic nitrogens is 1. The van der Waals surface area contributed by atoms with E-state index in [4.69, 9.17) is 0 Å². The Hall–Kier alpha value is -0.970. The lowest BCUT2D eigenvalue weighted by Crippen LogP contribution is -2.41. The zero-order valence-electron chi connectivity index (χ0n) is 9.80. The molecule has 1 aromatic rings. The van der Waals surface area contributed by atoms with Crippen LogP contribution in [0.4, 0.5) is 0 Å². The molecule has 0 aliphatic heterocycles. The first kappa shape index (κ1) is 13.1. The van der Waals surface area contributed by atoms with Crippen molar-refractivity contribution in [3.63, 3.8) is 0 Å². The normalized spacial score (nSPS) is 15.1. The minimum Gasteiger partial charge on any atom is -0.395 e. The lowest BCUT2D eigenvalue weighted by Gasteiger charge is -2.25. The first-order valence-electron chi connectivity index (χ1n) is 5.57. The lowest BCUT2D eigenvalue weighted by molar-refractivity contribution is 0.169. The number of nitrogens with one attached hydrogen (secondary N) is 1. The second-order valence-corrected chi connectivity index (χ2v) is 4.19. The summed E-state index contributed by atoms with van der Waals surface area (Å²) in [6.45, 7) is 4.09. The highest BCUT2D eigenvalue weighted by molar-refractivity contribution is 5.09. The number of aliphatic hydroxyl groups excluding tert-OH is 2. The number of aliphatic hydroxyl groups is 2. The molecule has 16 heavy (non-hydrogen) atoms. The highest BCUT2D eigenvalue weighted by atomic mass is 16.3. The Bertz CT molecular complexity index is 290. The molecule has 0 bridgehead atoms. The minimum absolute atomic E-state index is 0.0275. The molecule has 4 nitrogen and oxygen atoms in total. The number of rotatable bonds is 6. The molecule has 0 unspecified atom stereocenters. The third-order valence-corrected chi connectivity index (χ3v) is 2.64. The molecule has 0 aliphatic carbocycles. The van der Waals surface area contributed by atoms with Crippen LogP contribution in [0.15, 0.2) is 24.4 Å². The molecule has 4 heteroatoms. The van der Waals surface area contributed by atoms with E-state index in [1.54, 1.807) is 6.20 Å². The third kappa shape index (κ3) is 3.56. The fourth-order valence-electron chi connectivity index (χ4n) is 1.53. The molecule has 1 rings (SSSR count). The SMILES string of the molecule is CC(C)[C@@H](CO)N[C@@H](CO)c1ccccn1. The predicted molar refractivity (Wildman–Crippen MR) is 62.9 cm³/mol. The van der Waals surface area contributed by atoms with E-state index in [0.717, 1.165) is 5.69 Å². The molecule has 0 saturated heterocycles. The highest BCUT2D eigenvalue weighted by Crippen LogP contribution is 2.12. The van der Waals surface area contributed by atoms with Gasteiger partial charge in [-0.25, -0.2) is 0 Å². The molecule has 0 fully saturated rings. The van der Waals surface area contributed by atoms with Gasteiger partial charge in [-0.05, 0) is 18.1 Å². The van der Waals surface area contributed by atoms with Crippen LogP contribution in [0.3, 0.4) is 0 Å². The summed E-state index contributed by atoms with van der Waals surface area (Å²) in [6, 6.07) is 5.34. The van der Waals surface area contributed by atoms with Crippen molar-refractivity contribution in [2.45, 2.75) is 25.9 Å². The number of nitrogens with zero attached hydrogens (tertiary/aromatic N) is 1. The molecule has 0 aromatic carbocycles. The molecule has 0 amide bonds. The van der Waals surface area contributed by atoms with Gasteiger partial charge in [-0.15, -0.1) is 0 Å². The van der Waals surface area contributed by atoms with E-state index in [2.05, 4.69) is 10.3 Å². The zero-order valence-corrected chi connectivity index (χ0v) is 9.80. The van der Waals surface area contributed by atoms with Crippen molar-refractivity contribution >= 4 is 0 Å². The van der Waals surface area contributed by atoms with Crippen molar-refractivity contribution < 1.29 is 10.2 Å². The summed E-state index contributed by atoms with van der Waals surface area (Å²) < 4.78 is 0. The Kier molecular flexibility index (Phi) is 5.38. The maximum Gasteiger partial charge on any atom is 0.0732 e. The molecule has 1 heterocycles. The topological polar surface area (TPSA) is 65.4 Å². The van der Waals surface area contributed by atoms with Crippen LogP contribution in [0.2, 0.25) is 0 Å². The van der Waals surface area contributed by atoms with Gasteiger partial charge in [0, 0.05) is 12.2 Å². The number of hydrogen-bond donors (Lipinski definition) is 3. The quantitative estimate of drug-likeness (QED) is 0.666. The van der Waals surface area contributed by atoms with Crippen molar-refractivity contribution in [3.8, 4) is 0 Å². The predicted octanol–water partition coefficient (Wildman–Crippen LogP) is 0.722. The monoisotopic (exact) mass is 224 g/mol. The maximum absolute atomic E-state index is 9.32. The fraction of sp³-hybridized carbons (Fsp3) is 0.583. The van der Waals surface area contributed by atoms with Gasteiger partial charge < -0.3 is 15.5 Å². The highest BCUT2D eigenvalue weighted by Gasteiger charge is 2.18. The lowest BCUT2D eigenvalue weighted by atomic mass is 10.0. The van der Waals surface area contributed by atoms with Crippen molar-refractivity contribution in [1.29, 1.82) is 0 Å². The van der Waals surface area contributed by atoms with E-state index in [-0.39, 0.29) is 25.3 Å². The Morgan fingerprint density at radius 2 is 2.00 bits per heavy atom. The molecule has 2 atom stereocenters. The average Bonchev–Trinajstić information content (AvgIpc) is 2.31. The van der Waals surface area contributed by atoms with E-state index in [0.29, 0.717) is 5.92 Å². The second kappa shape index (κ2) is 6.58. The molecule has 3 N–H and O–H groups in total. The van der Waals surface area contributed by atoms with E-state index in [1.807, 2.05) is 32.0 Å². The van der Waals surface area contributed by atoms with Crippen LogP contribution in [-0.2, 0) is 0 Å². The first-order valence-corrected chi connectivity index (χ1v) is 5.57. The smallest absolute Gasteiger partial charge is 0.0732 e. The van der Waals surface area contributed by atoms with Crippen molar-refractivity contribution in [2.24, 2.45) is 5.92 Å². The van der Waals surface area contributed by atoms with Gasteiger partial charge in [-0.3, -0.25) is 4.98 Å². The van der Waals surface area contributed by atoms with E-state index in [9.17, 15) is 10.2 Å². The van der Waals surface area contributed by atoms with E-state index >= 15 is 0 Å². The largest absolute Gasteiger partial charge is 0.395 e. The summed E-state index contributed by atoms with van der Waals surface area (Å²) in [5.41, 5.74) is 0.795. The fourth-order valence-corrected chi connectivity index (χ4v) is 1.53. The average molecular weight is 224 g/mol. The number of hydrogen-bond acceptors (Lipinski definition) is 4. The molecule has 1 aromatic heterocycles. The van der Waals surface area contributed by atoms with E-state index < -0.39 is 0 Å². The molecular formula is C12H20N2O2. The maximum atomic E-state index is 9.32. The van der Waals surface area contributed by atoms with Gasteiger partial charge in [0.2, 0.25) is 0 Å². The van der Waals surface area contributed by atoms with Gasteiger partial charge in [0.05, 0.1) is 24.9 Å². The molecule has 0 spiro atoms. The molecule has 0 aliphatic rings. The van der Waals surface area contributed by atoms with Crippen molar-refractivity contribution in [2.75, 3.05) is 13.2 Å². The van der Waals surface area contributed by atoms with Gasteiger partial charge in [0.1, 0.15) is 0 Å². The Labute approximate surface area is 96.3 Å². The molecule has 0 radical (unpaired) electrons. The molecular weight excluding hydrogens is 204 g/mol. The summed E-state index contributed by atoms with van der Waals surface area (Å²) >= 11 is 0. The molecule has 90 valence electrons. The van der Waals surface area contributed by atoms with Gasteiger partial charge in [-0.1, -0.05) is 19.9 Å². The van der Waals surface area contributed by atoms with Crippen LogP contribution in [0.5, 0.6) is 0 Å².